The Bertz CT molecular complexity index is 1210. The summed E-state index contributed by atoms with van der Waals surface area (Å²) in [6.45, 7) is 8.43. The minimum absolute atomic E-state index is 0.0881. The molecule has 2 heterocycles. The number of aryl methyl sites for hydroxylation is 1. The number of hydrogen-bond donors (Lipinski definition) is 1. The van der Waals surface area contributed by atoms with E-state index < -0.39 is 0 Å². The van der Waals surface area contributed by atoms with E-state index in [2.05, 4.69) is 55.3 Å². The molecule has 1 N–H and O–H groups in total. The molecule has 1 unspecified atom stereocenters. The molecule has 0 saturated heterocycles. The van der Waals surface area contributed by atoms with Gasteiger partial charge in [0, 0.05) is 17.7 Å². The topological polar surface area (TPSA) is 59.3 Å². The van der Waals surface area contributed by atoms with E-state index in [9.17, 15) is 4.79 Å². The van der Waals surface area contributed by atoms with Crippen molar-refractivity contribution in [2.45, 2.75) is 52.0 Å². The minimum atomic E-state index is -0.144. The second-order valence-corrected chi connectivity index (χ2v) is 9.15. The van der Waals surface area contributed by atoms with Crippen molar-refractivity contribution in [2.24, 2.45) is 0 Å². The molecule has 2 aromatic heterocycles. The van der Waals surface area contributed by atoms with Crippen LogP contribution in [0.3, 0.4) is 0 Å². The number of fused-ring (bicyclic) bond motifs is 1. The summed E-state index contributed by atoms with van der Waals surface area (Å²) >= 11 is 0. The van der Waals surface area contributed by atoms with E-state index in [-0.39, 0.29) is 17.4 Å². The maximum Gasteiger partial charge on any atom is 0.255 e. The zero-order chi connectivity index (χ0) is 22.7. The van der Waals surface area contributed by atoms with Crippen molar-refractivity contribution in [3.8, 4) is 0 Å². The summed E-state index contributed by atoms with van der Waals surface area (Å²) in [4.78, 5) is 18.0. The highest BCUT2D eigenvalue weighted by molar-refractivity contribution is 5.95. The molecule has 1 atom stereocenters. The molecule has 4 rings (SSSR count). The van der Waals surface area contributed by atoms with E-state index in [1.54, 1.807) is 6.20 Å². The van der Waals surface area contributed by atoms with Gasteiger partial charge in [0.1, 0.15) is 0 Å². The van der Waals surface area contributed by atoms with Crippen molar-refractivity contribution in [1.29, 1.82) is 0 Å². The van der Waals surface area contributed by atoms with Crippen molar-refractivity contribution in [3.05, 3.63) is 101 Å². The van der Waals surface area contributed by atoms with E-state index in [1.807, 2.05) is 53.9 Å². The lowest BCUT2D eigenvalue weighted by Gasteiger charge is -2.20. The summed E-state index contributed by atoms with van der Waals surface area (Å²) in [5.74, 6) is -0.131. The SMILES string of the molecule is CCc1c(C(=O)NC(Cc2ccccc2)c2ccccc2)cnc2cc(C(C)(C)C)nn12. The quantitative estimate of drug-likeness (QED) is 0.455. The Hall–Kier alpha value is -3.47. The summed E-state index contributed by atoms with van der Waals surface area (Å²) in [6.07, 6.45) is 3.08. The number of aromatic nitrogens is 3. The summed E-state index contributed by atoms with van der Waals surface area (Å²) in [7, 11) is 0. The average molecular weight is 427 g/mol. The van der Waals surface area contributed by atoms with E-state index in [1.165, 1.54) is 5.56 Å². The van der Waals surface area contributed by atoms with Crippen LogP contribution in [0.25, 0.3) is 5.65 Å². The number of hydrogen-bond acceptors (Lipinski definition) is 3. The van der Waals surface area contributed by atoms with Gasteiger partial charge >= 0.3 is 0 Å². The molecule has 0 spiro atoms. The van der Waals surface area contributed by atoms with Crippen LogP contribution in [0.15, 0.2) is 72.9 Å². The van der Waals surface area contributed by atoms with Crippen molar-refractivity contribution in [2.75, 3.05) is 0 Å². The van der Waals surface area contributed by atoms with E-state index in [0.29, 0.717) is 18.4 Å². The average Bonchev–Trinajstić information content (AvgIpc) is 3.24. The molecular weight excluding hydrogens is 396 g/mol. The number of nitrogens with one attached hydrogen (secondary N) is 1. The van der Waals surface area contributed by atoms with Crippen LogP contribution < -0.4 is 5.32 Å². The Morgan fingerprint density at radius 1 is 1.03 bits per heavy atom. The molecule has 0 aliphatic heterocycles. The number of nitrogens with zero attached hydrogens (tertiary/aromatic N) is 3. The van der Waals surface area contributed by atoms with Gasteiger partial charge in [0.2, 0.25) is 0 Å². The second-order valence-electron chi connectivity index (χ2n) is 9.15. The molecule has 0 bridgehead atoms. The molecule has 0 fully saturated rings. The first-order valence-electron chi connectivity index (χ1n) is 11.1. The predicted octanol–water partition coefficient (Wildman–Crippen LogP) is 5.30. The molecule has 32 heavy (non-hydrogen) atoms. The molecule has 164 valence electrons. The van der Waals surface area contributed by atoms with E-state index in [0.717, 1.165) is 22.6 Å². The van der Waals surface area contributed by atoms with Crippen molar-refractivity contribution < 1.29 is 4.79 Å². The third kappa shape index (κ3) is 4.57. The van der Waals surface area contributed by atoms with Crippen LogP contribution in [0.1, 0.15) is 66.6 Å². The molecule has 0 saturated carbocycles. The number of benzene rings is 2. The zero-order valence-electron chi connectivity index (χ0n) is 19.2. The fourth-order valence-electron chi connectivity index (χ4n) is 3.90. The lowest BCUT2D eigenvalue weighted by Crippen LogP contribution is -2.31. The first-order chi connectivity index (χ1) is 15.4. The smallest absolute Gasteiger partial charge is 0.255 e. The summed E-state index contributed by atoms with van der Waals surface area (Å²) in [5.41, 5.74) is 5.33. The van der Waals surface area contributed by atoms with E-state index >= 15 is 0 Å². The van der Waals surface area contributed by atoms with Crippen LogP contribution in [0.4, 0.5) is 0 Å². The summed E-state index contributed by atoms with van der Waals surface area (Å²) < 4.78 is 1.82. The number of rotatable bonds is 6. The van der Waals surface area contributed by atoms with Crippen LogP contribution in [-0.2, 0) is 18.3 Å². The fraction of sp³-hybridized carbons (Fsp3) is 0.296. The lowest BCUT2D eigenvalue weighted by atomic mass is 9.93. The van der Waals surface area contributed by atoms with Crippen LogP contribution in [-0.4, -0.2) is 20.5 Å². The molecule has 2 aromatic carbocycles. The summed E-state index contributed by atoms with van der Waals surface area (Å²) in [5, 5.41) is 8.03. The number of carbonyl (C=O) groups is 1. The first kappa shape index (κ1) is 21.8. The zero-order valence-corrected chi connectivity index (χ0v) is 19.2. The first-order valence-corrected chi connectivity index (χ1v) is 11.1. The lowest BCUT2D eigenvalue weighted by molar-refractivity contribution is 0.0934. The van der Waals surface area contributed by atoms with Gasteiger partial charge in [0.15, 0.2) is 5.65 Å². The van der Waals surface area contributed by atoms with Gasteiger partial charge in [-0.2, -0.15) is 5.10 Å². The molecule has 5 heteroatoms. The molecule has 0 radical (unpaired) electrons. The Labute approximate surface area is 189 Å². The monoisotopic (exact) mass is 426 g/mol. The van der Waals surface area contributed by atoms with Crippen LogP contribution in [0.2, 0.25) is 0 Å². The third-order valence-corrected chi connectivity index (χ3v) is 5.72. The van der Waals surface area contributed by atoms with Gasteiger partial charge in [-0.25, -0.2) is 9.50 Å². The number of amides is 1. The molecule has 5 nitrogen and oxygen atoms in total. The van der Waals surface area contributed by atoms with Crippen molar-refractivity contribution in [1.82, 2.24) is 19.9 Å². The standard InChI is InChI=1S/C27H30N4O/c1-5-23-21(18-28-25-17-24(27(2,3)4)30-31(23)25)26(32)29-22(20-14-10-7-11-15-20)16-19-12-8-6-9-13-19/h6-15,17-18,22H,5,16H2,1-4H3,(H,29,32). The molecule has 1 amide bonds. The molecule has 0 aliphatic carbocycles. The van der Waals surface area contributed by atoms with Gasteiger partial charge in [0.25, 0.3) is 5.91 Å². The molecule has 4 aromatic rings. The summed E-state index contributed by atoms with van der Waals surface area (Å²) in [6, 6.07) is 22.2. The third-order valence-electron chi connectivity index (χ3n) is 5.72. The predicted molar refractivity (Wildman–Crippen MR) is 128 cm³/mol. The van der Waals surface area contributed by atoms with Crippen molar-refractivity contribution in [3.63, 3.8) is 0 Å². The van der Waals surface area contributed by atoms with Crippen LogP contribution >= 0.6 is 0 Å². The Morgan fingerprint density at radius 2 is 1.69 bits per heavy atom. The minimum Gasteiger partial charge on any atom is -0.345 e. The van der Waals surface area contributed by atoms with Gasteiger partial charge in [-0.1, -0.05) is 88.4 Å². The Balaban J connectivity index is 1.68. The van der Waals surface area contributed by atoms with Gasteiger partial charge in [-0.15, -0.1) is 0 Å². The fourth-order valence-corrected chi connectivity index (χ4v) is 3.90. The Morgan fingerprint density at radius 3 is 2.31 bits per heavy atom. The van der Waals surface area contributed by atoms with E-state index in [4.69, 9.17) is 5.10 Å². The second kappa shape index (κ2) is 8.95. The largest absolute Gasteiger partial charge is 0.345 e. The van der Waals surface area contributed by atoms with Crippen LogP contribution in [0, 0.1) is 0 Å². The Kier molecular flexibility index (Phi) is 6.08. The molecular formula is C27H30N4O. The van der Waals surface area contributed by atoms with Gasteiger partial charge in [0.05, 0.1) is 23.0 Å². The normalized spacial score (nSPS) is 12.6. The highest BCUT2D eigenvalue weighted by atomic mass is 16.1. The van der Waals surface area contributed by atoms with Gasteiger partial charge in [-0.05, 0) is 24.0 Å². The molecule has 0 aliphatic rings. The van der Waals surface area contributed by atoms with Crippen molar-refractivity contribution >= 4 is 11.6 Å². The highest BCUT2D eigenvalue weighted by Crippen LogP contribution is 2.24. The maximum absolute atomic E-state index is 13.5. The maximum atomic E-state index is 13.5. The number of carbonyl (C=O) groups excluding carboxylic acids is 1. The van der Waals surface area contributed by atoms with Crippen LogP contribution in [0.5, 0.6) is 0 Å². The van der Waals surface area contributed by atoms with Gasteiger partial charge in [-0.3, -0.25) is 4.79 Å². The van der Waals surface area contributed by atoms with Gasteiger partial charge < -0.3 is 5.32 Å². The highest BCUT2D eigenvalue weighted by Gasteiger charge is 2.23.